The molecule has 0 fully saturated rings. The molecule has 24 heavy (non-hydrogen) atoms. The molecule has 2 aromatic carbocycles. The number of amides is 1. The van der Waals surface area contributed by atoms with Gasteiger partial charge >= 0.3 is 0 Å². The third kappa shape index (κ3) is 4.16. The number of nitrogens with one attached hydrogen (secondary N) is 1. The maximum Gasteiger partial charge on any atom is 0.265 e. The van der Waals surface area contributed by atoms with Gasteiger partial charge in [0.05, 0.1) is 0 Å². The summed E-state index contributed by atoms with van der Waals surface area (Å²) in [6.45, 7) is 8.07. The molecule has 1 N–H and O–H groups in total. The summed E-state index contributed by atoms with van der Waals surface area (Å²) in [5, 5.41) is 3.07. The maximum atomic E-state index is 12.6. The van der Waals surface area contributed by atoms with Gasteiger partial charge in [-0.1, -0.05) is 57.2 Å². The third-order valence-electron chi connectivity index (χ3n) is 4.27. The Hall–Kier alpha value is -2.29. The Morgan fingerprint density at radius 1 is 0.917 bits per heavy atom. The van der Waals surface area contributed by atoms with E-state index < -0.39 is 6.10 Å². The molecule has 1 amide bonds. The highest BCUT2D eigenvalue weighted by Gasteiger charge is 2.18. The number of aryl methyl sites for hydroxylation is 3. The summed E-state index contributed by atoms with van der Waals surface area (Å²) in [5.74, 6) is 0.665. The molecular formula is C21H27NO2. The lowest BCUT2D eigenvalue weighted by molar-refractivity contribution is -0.122. The predicted octanol–water partition coefficient (Wildman–Crippen LogP) is 4.78. The first-order valence-corrected chi connectivity index (χ1v) is 8.76. The van der Waals surface area contributed by atoms with Gasteiger partial charge in [0, 0.05) is 5.69 Å². The molecule has 3 nitrogen and oxygen atoms in total. The zero-order valence-electron chi connectivity index (χ0n) is 15.1. The molecule has 2 rings (SSSR count). The van der Waals surface area contributed by atoms with E-state index in [0.29, 0.717) is 0 Å². The summed E-state index contributed by atoms with van der Waals surface area (Å²) < 4.78 is 5.91. The molecule has 0 aliphatic heterocycles. The summed E-state index contributed by atoms with van der Waals surface area (Å²) in [4.78, 5) is 12.6. The number of anilines is 1. The van der Waals surface area contributed by atoms with Crippen LogP contribution in [-0.2, 0) is 24.1 Å². The molecule has 0 heterocycles. The van der Waals surface area contributed by atoms with E-state index in [1.165, 1.54) is 0 Å². The summed E-state index contributed by atoms with van der Waals surface area (Å²) in [7, 11) is 0. The molecule has 2 aromatic rings. The number of hydrogen-bond donors (Lipinski definition) is 1. The third-order valence-corrected chi connectivity index (χ3v) is 4.27. The smallest absolute Gasteiger partial charge is 0.265 e. The lowest BCUT2D eigenvalue weighted by Gasteiger charge is -2.19. The van der Waals surface area contributed by atoms with Gasteiger partial charge < -0.3 is 10.1 Å². The van der Waals surface area contributed by atoms with E-state index in [-0.39, 0.29) is 5.91 Å². The van der Waals surface area contributed by atoms with E-state index in [0.717, 1.165) is 47.4 Å². The molecule has 0 radical (unpaired) electrons. The van der Waals surface area contributed by atoms with Gasteiger partial charge in [0.2, 0.25) is 0 Å². The van der Waals surface area contributed by atoms with Crippen LogP contribution in [0.3, 0.4) is 0 Å². The minimum Gasteiger partial charge on any atom is -0.481 e. The summed E-state index contributed by atoms with van der Waals surface area (Å²) >= 11 is 0. The molecule has 0 spiro atoms. The fourth-order valence-corrected chi connectivity index (χ4v) is 2.78. The van der Waals surface area contributed by atoms with Crippen molar-refractivity contribution in [2.45, 2.75) is 53.1 Å². The number of ether oxygens (including phenoxy) is 1. The summed E-state index contributed by atoms with van der Waals surface area (Å²) in [6, 6.07) is 14.0. The fourth-order valence-electron chi connectivity index (χ4n) is 2.78. The van der Waals surface area contributed by atoms with Crippen LogP contribution in [-0.4, -0.2) is 12.0 Å². The van der Waals surface area contributed by atoms with E-state index in [1.807, 2.05) is 30.3 Å². The Bertz CT molecular complexity index is 672. The normalized spacial score (nSPS) is 11.8. The molecule has 1 atom stereocenters. The molecule has 0 saturated heterocycles. The molecule has 0 aliphatic carbocycles. The van der Waals surface area contributed by atoms with Crippen molar-refractivity contribution in [3.05, 3.63) is 59.2 Å². The first kappa shape index (κ1) is 18.1. The van der Waals surface area contributed by atoms with Crippen LogP contribution in [0, 0.1) is 0 Å². The molecule has 0 bridgehead atoms. The van der Waals surface area contributed by atoms with E-state index in [1.54, 1.807) is 6.92 Å². The van der Waals surface area contributed by atoms with Gasteiger partial charge in [-0.15, -0.1) is 0 Å². The van der Waals surface area contributed by atoms with Crippen molar-refractivity contribution < 1.29 is 9.53 Å². The van der Waals surface area contributed by atoms with E-state index in [9.17, 15) is 4.79 Å². The molecule has 0 aromatic heterocycles. The average Bonchev–Trinajstić information content (AvgIpc) is 2.62. The number of rotatable bonds is 7. The van der Waals surface area contributed by atoms with Crippen molar-refractivity contribution in [1.82, 2.24) is 0 Å². The Morgan fingerprint density at radius 3 is 2.04 bits per heavy atom. The van der Waals surface area contributed by atoms with Gasteiger partial charge in [-0.25, -0.2) is 0 Å². The van der Waals surface area contributed by atoms with Crippen LogP contribution in [0.1, 0.15) is 44.4 Å². The zero-order chi connectivity index (χ0) is 17.5. The van der Waals surface area contributed by atoms with Gasteiger partial charge in [-0.2, -0.15) is 0 Å². The number of carbonyl (C=O) groups is 1. The Labute approximate surface area is 145 Å². The predicted molar refractivity (Wildman–Crippen MR) is 99.7 cm³/mol. The van der Waals surface area contributed by atoms with Gasteiger partial charge in [-0.3, -0.25) is 4.79 Å². The number of para-hydroxylation sites is 2. The first-order chi connectivity index (χ1) is 11.6. The van der Waals surface area contributed by atoms with Gasteiger partial charge in [-0.05, 0) is 48.9 Å². The van der Waals surface area contributed by atoms with Gasteiger partial charge in [0.15, 0.2) is 6.10 Å². The molecule has 1 unspecified atom stereocenters. The Balaban J connectivity index is 2.15. The molecular weight excluding hydrogens is 298 g/mol. The topological polar surface area (TPSA) is 38.3 Å². The summed E-state index contributed by atoms with van der Waals surface area (Å²) in [6.07, 6.45) is 2.10. The van der Waals surface area contributed by atoms with Gasteiger partial charge in [0.25, 0.3) is 5.91 Å². The van der Waals surface area contributed by atoms with Crippen molar-refractivity contribution >= 4 is 11.6 Å². The van der Waals surface area contributed by atoms with Crippen LogP contribution < -0.4 is 10.1 Å². The van der Waals surface area contributed by atoms with Crippen molar-refractivity contribution in [2.75, 3.05) is 5.32 Å². The minimum atomic E-state index is -0.549. The maximum absolute atomic E-state index is 12.6. The van der Waals surface area contributed by atoms with Crippen molar-refractivity contribution in [3.8, 4) is 5.75 Å². The average molecular weight is 325 g/mol. The second kappa shape index (κ2) is 8.53. The van der Waals surface area contributed by atoms with E-state index in [4.69, 9.17) is 4.74 Å². The standard InChI is InChI=1S/C21H27NO2/c1-5-16-11-8-9-14-19(16)24-15(4)21(23)22-20-17(6-2)12-10-13-18(20)7-3/h8-15H,5-7H2,1-4H3,(H,22,23). The lowest BCUT2D eigenvalue weighted by Crippen LogP contribution is -2.31. The molecule has 3 heteroatoms. The van der Waals surface area contributed by atoms with Crippen LogP contribution in [0.2, 0.25) is 0 Å². The SMILES string of the molecule is CCc1ccccc1OC(C)C(=O)Nc1c(CC)cccc1CC. The first-order valence-electron chi connectivity index (χ1n) is 8.76. The second-order valence-electron chi connectivity index (χ2n) is 5.87. The fraction of sp³-hybridized carbons (Fsp3) is 0.381. The number of benzene rings is 2. The van der Waals surface area contributed by atoms with E-state index >= 15 is 0 Å². The van der Waals surface area contributed by atoms with Crippen LogP contribution in [0.4, 0.5) is 5.69 Å². The summed E-state index contributed by atoms with van der Waals surface area (Å²) in [5.41, 5.74) is 4.36. The van der Waals surface area contributed by atoms with Gasteiger partial charge in [0.1, 0.15) is 5.75 Å². The highest BCUT2D eigenvalue weighted by atomic mass is 16.5. The molecule has 128 valence electrons. The monoisotopic (exact) mass is 325 g/mol. The number of carbonyl (C=O) groups excluding carboxylic acids is 1. The largest absolute Gasteiger partial charge is 0.481 e. The van der Waals surface area contributed by atoms with Crippen molar-refractivity contribution in [2.24, 2.45) is 0 Å². The van der Waals surface area contributed by atoms with E-state index in [2.05, 4.69) is 38.2 Å². The Morgan fingerprint density at radius 2 is 1.46 bits per heavy atom. The van der Waals surface area contributed by atoms with Crippen LogP contribution in [0.25, 0.3) is 0 Å². The van der Waals surface area contributed by atoms with Crippen LogP contribution >= 0.6 is 0 Å². The highest BCUT2D eigenvalue weighted by molar-refractivity contribution is 5.95. The lowest BCUT2D eigenvalue weighted by atomic mass is 10.0. The quantitative estimate of drug-likeness (QED) is 0.795. The molecule has 0 saturated carbocycles. The van der Waals surface area contributed by atoms with Crippen LogP contribution in [0.5, 0.6) is 5.75 Å². The van der Waals surface area contributed by atoms with Crippen molar-refractivity contribution in [3.63, 3.8) is 0 Å². The zero-order valence-corrected chi connectivity index (χ0v) is 15.1. The molecule has 0 aliphatic rings. The number of hydrogen-bond acceptors (Lipinski definition) is 2. The Kier molecular flexibility index (Phi) is 6.42. The van der Waals surface area contributed by atoms with Crippen LogP contribution in [0.15, 0.2) is 42.5 Å². The minimum absolute atomic E-state index is 0.114. The van der Waals surface area contributed by atoms with Crippen molar-refractivity contribution in [1.29, 1.82) is 0 Å². The second-order valence-corrected chi connectivity index (χ2v) is 5.87. The highest BCUT2D eigenvalue weighted by Crippen LogP contribution is 2.24.